The highest BCUT2D eigenvalue weighted by atomic mass is 15.2. The van der Waals surface area contributed by atoms with Gasteiger partial charge in [0.2, 0.25) is 0 Å². The van der Waals surface area contributed by atoms with Crippen molar-refractivity contribution in [1.29, 1.82) is 0 Å². The van der Waals surface area contributed by atoms with Crippen molar-refractivity contribution < 1.29 is 0 Å². The zero-order chi connectivity index (χ0) is 17.5. The molecular weight excluding hydrogens is 290 g/mol. The molecule has 0 bridgehead atoms. The number of hydrogen-bond acceptors (Lipinski definition) is 1. The van der Waals surface area contributed by atoms with Gasteiger partial charge in [-0.15, -0.1) is 0 Å². The van der Waals surface area contributed by atoms with Gasteiger partial charge in [0.1, 0.15) is 0 Å². The van der Waals surface area contributed by atoms with Crippen molar-refractivity contribution in [3.05, 3.63) is 59.8 Å². The fraction of sp³-hybridized carbons (Fsp3) is 0.478. The number of hydrogen-bond donors (Lipinski definition) is 0. The molecule has 1 heterocycles. The summed E-state index contributed by atoms with van der Waals surface area (Å²) in [7, 11) is 0. The number of benzene rings is 1. The molecule has 1 aromatic rings. The Morgan fingerprint density at radius 2 is 1.71 bits per heavy atom. The third-order valence-corrected chi connectivity index (χ3v) is 4.93. The number of anilines is 1. The van der Waals surface area contributed by atoms with Crippen molar-refractivity contribution in [2.24, 2.45) is 0 Å². The molecule has 0 atom stereocenters. The van der Waals surface area contributed by atoms with E-state index in [4.69, 9.17) is 0 Å². The van der Waals surface area contributed by atoms with Crippen LogP contribution < -0.4 is 4.90 Å². The average Bonchev–Trinajstić information content (AvgIpc) is 2.57. The van der Waals surface area contributed by atoms with Crippen LogP contribution in [0.4, 0.5) is 5.69 Å². The molecule has 130 valence electrons. The van der Waals surface area contributed by atoms with Crippen molar-refractivity contribution in [3.63, 3.8) is 0 Å². The van der Waals surface area contributed by atoms with Crippen molar-refractivity contribution in [2.75, 3.05) is 11.4 Å². The molecule has 0 N–H and O–H groups in total. The molecule has 0 unspecified atom stereocenters. The fourth-order valence-corrected chi connectivity index (χ4v) is 3.53. The fourth-order valence-electron chi connectivity index (χ4n) is 3.53. The summed E-state index contributed by atoms with van der Waals surface area (Å²) in [4.78, 5) is 2.47. The summed E-state index contributed by atoms with van der Waals surface area (Å²) in [6, 6.07) is 8.64. The van der Waals surface area contributed by atoms with E-state index in [9.17, 15) is 0 Å². The van der Waals surface area contributed by atoms with E-state index in [-0.39, 0.29) is 0 Å². The minimum absolute atomic E-state index is 0.896. The molecule has 1 aromatic carbocycles. The smallest absolute Gasteiger partial charge is 0.0490 e. The van der Waals surface area contributed by atoms with Crippen LogP contribution in [-0.2, 0) is 0 Å². The van der Waals surface area contributed by atoms with E-state index in [2.05, 4.69) is 63.1 Å². The van der Waals surface area contributed by atoms with Gasteiger partial charge in [0.05, 0.1) is 0 Å². The second-order valence-electron chi connectivity index (χ2n) is 7.13. The first-order chi connectivity index (χ1) is 11.6. The van der Waals surface area contributed by atoms with Gasteiger partial charge in [0.25, 0.3) is 0 Å². The zero-order valence-corrected chi connectivity index (χ0v) is 15.8. The van der Waals surface area contributed by atoms with E-state index in [1.807, 2.05) is 0 Å². The molecule has 0 saturated carbocycles. The Hall–Kier alpha value is -1.76. The summed E-state index contributed by atoms with van der Waals surface area (Å²) in [5.41, 5.74) is 7.73. The molecule has 1 aliphatic rings. The van der Waals surface area contributed by atoms with E-state index in [1.54, 1.807) is 0 Å². The quantitative estimate of drug-likeness (QED) is 0.345. The maximum atomic E-state index is 4.36. The predicted molar refractivity (Wildman–Crippen MR) is 108 cm³/mol. The Balaban J connectivity index is 2.15. The number of allylic oxidation sites excluding steroid dienone is 3. The summed E-state index contributed by atoms with van der Waals surface area (Å²) >= 11 is 0. The van der Waals surface area contributed by atoms with Crippen LogP contribution in [0.2, 0.25) is 0 Å². The van der Waals surface area contributed by atoms with Gasteiger partial charge in [0, 0.05) is 23.5 Å². The van der Waals surface area contributed by atoms with Gasteiger partial charge in [-0.3, -0.25) is 0 Å². The Labute approximate surface area is 148 Å². The van der Waals surface area contributed by atoms with E-state index in [1.165, 1.54) is 72.2 Å². The molecule has 0 aromatic heterocycles. The first-order valence-corrected chi connectivity index (χ1v) is 9.46. The number of fused-ring (bicyclic) bond motifs is 1. The molecule has 2 rings (SSSR count). The number of para-hydroxylation sites is 1. The first kappa shape index (κ1) is 18.6. The molecule has 0 amide bonds. The second-order valence-corrected chi connectivity index (χ2v) is 7.13. The molecule has 0 saturated heterocycles. The molecule has 24 heavy (non-hydrogen) atoms. The van der Waals surface area contributed by atoms with Crippen LogP contribution >= 0.6 is 0 Å². The normalized spacial score (nSPS) is 14.1. The molecule has 0 radical (unpaired) electrons. The van der Waals surface area contributed by atoms with E-state index < -0.39 is 0 Å². The van der Waals surface area contributed by atoms with Crippen LogP contribution in [0.25, 0.3) is 5.57 Å². The molecule has 0 spiro atoms. The minimum atomic E-state index is 0.896. The van der Waals surface area contributed by atoms with Gasteiger partial charge in [-0.05, 0) is 43.9 Å². The summed E-state index contributed by atoms with van der Waals surface area (Å²) in [6.07, 6.45) is 9.14. The van der Waals surface area contributed by atoms with E-state index in [0.717, 1.165) is 13.0 Å². The molecular formula is C23H33N. The zero-order valence-electron chi connectivity index (χ0n) is 15.8. The third kappa shape index (κ3) is 4.41. The largest absolute Gasteiger partial charge is 0.340 e. The van der Waals surface area contributed by atoms with E-state index >= 15 is 0 Å². The van der Waals surface area contributed by atoms with E-state index in [0.29, 0.717) is 0 Å². The van der Waals surface area contributed by atoms with Crippen molar-refractivity contribution in [2.45, 2.75) is 65.7 Å². The minimum Gasteiger partial charge on any atom is -0.340 e. The molecule has 0 fully saturated rings. The Kier molecular flexibility index (Phi) is 6.90. The molecule has 1 heteroatoms. The monoisotopic (exact) mass is 323 g/mol. The molecule has 1 aliphatic heterocycles. The standard InChI is InChI=1S/C23H33N/c1-6-7-8-9-10-11-15-22-20(5)19(4)21-14-12-13-16-23(21)24(22)17-18(2)3/h12-14,16H,2,4,6-11,15,17H2,1,3,5H3. The lowest BCUT2D eigenvalue weighted by molar-refractivity contribution is 0.601. The third-order valence-electron chi connectivity index (χ3n) is 4.93. The van der Waals surface area contributed by atoms with Gasteiger partial charge < -0.3 is 4.90 Å². The van der Waals surface area contributed by atoms with Gasteiger partial charge in [-0.1, -0.05) is 76.0 Å². The van der Waals surface area contributed by atoms with Crippen LogP contribution in [0.3, 0.4) is 0 Å². The number of unbranched alkanes of at least 4 members (excludes halogenated alkanes) is 5. The number of rotatable bonds is 9. The van der Waals surface area contributed by atoms with Gasteiger partial charge in [-0.25, -0.2) is 0 Å². The maximum Gasteiger partial charge on any atom is 0.0490 e. The lowest BCUT2D eigenvalue weighted by Gasteiger charge is -2.36. The van der Waals surface area contributed by atoms with Crippen molar-refractivity contribution in [3.8, 4) is 0 Å². The van der Waals surface area contributed by atoms with Gasteiger partial charge >= 0.3 is 0 Å². The summed E-state index contributed by atoms with van der Waals surface area (Å²) < 4.78 is 0. The second kappa shape index (κ2) is 8.92. The lowest BCUT2D eigenvalue weighted by atomic mass is 9.90. The van der Waals surface area contributed by atoms with Gasteiger partial charge in [-0.2, -0.15) is 0 Å². The Bertz CT molecular complexity index is 621. The Morgan fingerprint density at radius 3 is 2.42 bits per heavy atom. The lowest BCUT2D eigenvalue weighted by Crippen LogP contribution is -2.29. The highest BCUT2D eigenvalue weighted by Gasteiger charge is 2.24. The molecule has 1 nitrogen and oxygen atoms in total. The summed E-state index contributed by atoms with van der Waals surface area (Å²) in [6.45, 7) is 16.0. The molecule has 0 aliphatic carbocycles. The highest BCUT2D eigenvalue weighted by Crippen LogP contribution is 2.41. The van der Waals surface area contributed by atoms with Crippen LogP contribution in [0.15, 0.2) is 54.3 Å². The highest BCUT2D eigenvalue weighted by molar-refractivity contribution is 5.89. The first-order valence-electron chi connectivity index (χ1n) is 9.46. The summed E-state index contributed by atoms with van der Waals surface area (Å²) in [5.74, 6) is 0. The number of nitrogens with zero attached hydrogens (tertiary/aromatic N) is 1. The van der Waals surface area contributed by atoms with Crippen LogP contribution in [0, 0.1) is 0 Å². The Morgan fingerprint density at radius 1 is 1.04 bits per heavy atom. The summed E-state index contributed by atoms with van der Waals surface area (Å²) in [5, 5.41) is 0. The maximum absolute atomic E-state index is 4.36. The predicted octanol–water partition coefficient (Wildman–Crippen LogP) is 7.12. The topological polar surface area (TPSA) is 3.24 Å². The SMILES string of the molecule is C=C(C)CN1C(CCCCCCCC)=C(C)C(=C)c2ccccc21. The van der Waals surface area contributed by atoms with Crippen LogP contribution in [0.1, 0.15) is 71.3 Å². The average molecular weight is 324 g/mol. The van der Waals surface area contributed by atoms with Crippen molar-refractivity contribution >= 4 is 11.3 Å². The van der Waals surface area contributed by atoms with Crippen LogP contribution in [-0.4, -0.2) is 6.54 Å². The van der Waals surface area contributed by atoms with Gasteiger partial charge in [0.15, 0.2) is 0 Å². The van der Waals surface area contributed by atoms with Crippen LogP contribution in [0.5, 0.6) is 0 Å². The van der Waals surface area contributed by atoms with Crippen molar-refractivity contribution in [1.82, 2.24) is 0 Å².